The first-order valence-corrected chi connectivity index (χ1v) is 5.58. The zero-order valence-corrected chi connectivity index (χ0v) is 9.71. The topological polar surface area (TPSA) is 74.5 Å². The van der Waals surface area contributed by atoms with E-state index in [1.807, 2.05) is 29.1 Å². The van der Waals surface area contributed by atoms with Crippen molar-refractivity contribution in [1.82, 2.24) is 9.88 Å². The van der Waals surface area contributed by atoms with Gasteiger partial charge in [-0.3, -0.25) is 4.79 Å². The number of amides is 1. The highest BCUT2D eigenvalue weighted by atomic mass is 16.3. The van der Waals surface area contributed by atoms with Crippen LogP contribution in [0.15, 0.2) is 42.7 Å². The van der Waals surface area contributed by atoms with Crippen LogP contribution in [0.4, 0.5) is 0 Å². The van der Waals surface area contributed by atoms with E-state index in [9.17, 15) is 15.0 Å². The van der Waals surface area contributed by atoms with Crippen molar-refractivity contribution in [3.63, 3.8) is 0 Å². The molecule has 94 valence electrons. The van der Waals surface area contributed by atoms with Crippen LogP contribution >= 0.6 is 0 Å². The number of hydrogen-bond donors (Lipinski definition) is 3. The minimum absolute atomic E-state index is 0.0524. The van der Waals surface area contributed by atoms with Crippen molar-refractivity contribution < 1.29 is 15.0 Å². The second-order valence-corrected chi connectivity index (χ2v) is 3.88. The number of nitrogens with zero attached hydrogens (tertiary/aromatic N) is 1. The summed E-state index contributed by atoms with van der Waals surface area (Å²) in [6, 6.07) is 7.66. The molecular weight excluding hydrogens is 232 g/mol. The third kappa shape index (κ3) is 2.82. The van der Waals surface area contributed by atoms with Gasteiger partial charge < -0.3 is 20.1 Å². The lowest BCUT2D eigenvalue weighted by Gasteiger charge is -2.07. The average molecular weight is 246 g/mol. The van der Waals surface area contributed by atoms with Crippen LogP contribution in [0.1, 0.15) is 10.4 Å². The molecule has 1 aromatic carbocycles. The standard InChI is InChI=1S/C13H14N2O3/c16-10-3-4-12(17)11(9-10)13(18)14-5-8-15-6-1-2-7-15/h1-4,6-7,9,16-17H,5,8H2,(H,14,18). The van der Waals surface area contributed by atoms with Crippen molar-refractivity contribution in [1.29, 1.82) is 0 Å². The molecule has 2 rings (SSSR count). The van der Waals surface area contributed by atoms with Crippen molar-refractivity contribution in [2.75, 3.05) is 6.54 Å². The Hall–Kier alpha value is -2.43. The summed E-state index contributed by atoms with van der Waals surface area (Å²) in [6.45, 7) is 1.10. The lowest BCUT2D eigenvalue weighted by molar-refractivity contribution is 0.0949. The highest BCUT2D eigenvalue weighted by Crippen LogP contribution is 2.21. The Balaban J connectivity index is 1.93. The molecule has 0 unspecified atom stereocenters. The minimum Gasteiger partial charge on any atom is -0.508 e. The quantitative estimate of drug-likeness (QED) is 0.712. The Morgan fingerprint density at radius 1 is 1.22 bits per heavy atom. The number of carbonyl (C=O) groups excluding carboxylic acids is 1. The summed E-state index contributed by atoms with van der Waals surface area (Å²) in [4.78, 5) is 11.8. The van der Waals surface area contributed by atoms with Crippen LogP contribution in [0, 0.1) is 0 Å². The molecule has 1 aromatic heterocycles. The van der Waals surface area contributed by atoms with E-state index in [1.165, 1.54) is 18.2 Å². The van der Waals surface area contributed by atoms with Crippen molar-refractivity contribution >= 4 is 5.91 Å². The van der Waals surface area contributed by atoms with Crippen molar-refractivity contribution in [2.24, 2.45) is 0 Å². The van der Waals surface area contributed by atoms with E-state index < -0.39 is 5.91 Å². The highest BCUT2D eigenvalue weighted by molar-refractivity contribution is 5.97. The molecule has 0 fully saturated rings. The maximum absolute atomic E-state index is 11.8. The summed E-state index contributed by atoms with van der Waals surface area (Å²) in [5.41, 5.74) is 0.0718. The first kappa shape index (κ1) is 12.0. The number of benzene rings is 1. The van der Waals surface area contributed by atoms with Crippen molar-refractivity contribution in [3.8, 4) is 11.5 Å². The second kappa shape index (κ2) is 5.27. The molecule has 0 aliphatic heterocycles. The zero-order chi connectivity index (χ0) is 13.0. The molecule has 1 heterocycles. The summed E-state index contributed by atoms with van der Waals surface area (Å²) >= 11 is 0. The van der Waals surface area contributed by atoms with Gasteiger partial charge in [-0.1, -0.05) is 0 Å². The van der Waals surface area contributed by atoms with Crippen LogP contribution in [0.5, 0.6) is 11.5 Å². The zero-order valence-electron chi connectivity index (χ0n) is 9.71. The number of phenolic OH excluding ortho intramolecular Hbond substituents is 2. The van der Waals surface area contributed by atoms with Gasteiger partial charge in [0.2, 0.25) is 0 Å². The van der Waals surface area contributed by atoms with Crippen LogP contribution in [-0.2, 0) is 6.54 Å². The number of nitrogens with one attached hydrogen (secondary N) is 1. The molecule has 5 heteroatoms. The Morgan fingerprint density at radius 2 is 1.94 bits per heavy atom. The van der Waals surface area contributed by atoms with E-state index >= 15 is 0 Å². The molecule has 1 amide bonds. The fraction of sp³-hybridized carbons (Fsp3) is 0.154. The number of aromatic nitrogens is 1. The second-order valence-electron chi connectivity index (χ2n) is 3.88. The van der Waals surface area contributed by atoms with Crippen LogP contribution in [0.3, 0.4) is 0 Å². The Morgan fingerprint density at radius 3 is 2.67 bits per heavy atom. The van der Waals surface area contributed by atoms with E-state index in [-0.39, 0.29) is 17.1 Å². The summed E-state index contributed by atoms with van der Waals surface area (Å²) in [5, 5.41) is 21.5. The maximum Gasteiger partial charge on any atom is 0.255 e. The number of hydrogen-bond acceptors (Lipinski definition) is 3. The molecule has 0 bridgehead atoms. The highest BCUT2D eigenvalue weighted by Gasteiger charge is 2.11. The van der Waals surface area contributed by atoms with Gasteiger partial charge in [0.25, 0.3) is 5.91 Å². The monoisotopic (exact) mass is 246 g/mol. The number of aromatic hydroxyl groups is 2. The smallest absolute Gasteiger partial charge is 0.255 e. The van der Waals surface area contributed by atoms with E-state index in [1.54, 1.807) is 0 Å². The molecule has 0 aliphatic rings. The first-order chi connectivity index (χ1) is 8.66. The van der Waals surface area contributed by atoms with E-state index in [0.29, 0.717) is 13.1 Å². The predicted molar refractivity (Wildman–Crippen MR) is 66.5 cm³/mol. The molecule has 5 nitrogen and oxygen atoms in total. The summed E-state index contributed by atoms with van der Waals surface area (Å²) in [5.74, 6) is -0.606. The number of carbonyl (C=O) groups is 1. The third-order valence-electron chi connectivity index (χ3n) is 2.55. The Labute approximate surface area is 104 Å². The largest absolute Gasteiger partial charge is 0.508 e. The van der Waals surface area contributed by atoms with Gasteiger partial charge in [-0.05, 0) is 30.3 Å². The molecule has 3 N–H and O–H groups in total. The van der Waals surface area contributed by atoms with Gasteiger partial charge >= 0.3 is 0 Å². The molecule has 2 aromatic rings. The summed E-state index contributed by atoms with van der Waals surface area (Å²) < 4.78 is 1.93. The van der Waals surface area contributed by atoms with Crippen LogP contribution in [0.2, 0.25) is 0 Å². The predicted octanol–water partition coefficient (Wildman–Crippen LogP) is 1.33. The van der Waals surface area contributed by atoms with Gasteiger partial charge in [-0.15, -0.1) is 0 Å². The Bertz CT molecular complexity index is 535. The summed E-state index contributed by atoms with van der Waals surface area (Å²) in [7, 11) is 0. The Kier molecular flexibility index (Phi) is 3.52. The first-order valence-electron chi connectivity index (χ1n) is 5.58. The van der Waals surface area contributed by atoms with E-state index in [4.69, 9.17) is 0 Å². The molecule has 0 saturated carbocycles. The maximum atomic E-state index is 11.8. The van der Waals surface area contributed by atoms with Crippen molar-refractivity contribution in [2.45, 2.75) is 6.54 Å². The lowest BCUT2D eigenvalue weighted by atomic mass is 10.2. The van der Waals surface area contributed by atoms with Gasteiger partial charge in [0.1, 0.15) is 11.5 Å². The summed E-state index contributed by atoms with van der Waals surface area (Å²) in [6.07, 6.45) is 3.80. The van der Waals surface area contributed by atoms with Gasteiger partial charge in [0.05, 0.1) is 5.56 Å². The normalized spacial score (nSPS) is 10.2. The van der Waals surface area contributed by atoms with Gasteiger partial charge in [-0.2, -0.15) is 0 Å². The van der Waals surface area contributed by atoms with Crippen LogP contribution < -0.4 is 5.32 Å². The van der Waals surface area contributed by atoms with E-state index in [2.05, 4.69) is 5.32 Å². The molecule has 0 saturated heterocycles. The van der Waals surface area contributed by atoms with Crippen LogP contribution in [-0.4, -0.2) is 27.2 Å². The molecule has 0 spiro atoms. The fourth-order valence-electron chi connectivity index (χ4n) is 1.62. The molecule has 0 aliphatic carbocycles. The lowest BCUT2D eigenvalue weighted by Crippen LogP contribution is -2.27. The number of rotatable bonds is 4. The van der Waals surface area contributed by atoms with Gasteiger partial charge in [0, 0.05) is 25.5 Å². The molecule has 0 radical (unpaired) electrons. The number of phenols is 2. The van der Waals surface area contributed by atoms with Crippen LogP contribution in [0.25, 0.3) is 0 Å². The molecule has 18 heavy (non-hydrogen) atoms. The fourth-order valence-corrected chi connectivity index (χ4v) is 1.62. The molecule has 0 atom stereocenters. The average Bonchev–Trinajstić information content (AvgIpc) is 2.85. The minimum atomic E-state index is -0.407. The van der Waals surface area contributed by atoms with Gasteiger partial charge in [-0.25, -0.2) is 0 Å². The molecular formula is C13H14N2O3. The van der Waals surface area contributed by atoms with Gasteiger partial charge in [0.15, 0.2) is 0 Å². The third-order valence-corrected chi connectivity index (χ3v) is 2.55. The SMILES string of the molecule is O=C(NCCn1cccc1)c1cc(O)ccc1O. The van der Waals surface area contributed by atoms with E-state index in [0.717, 1.165) is 0 Å². The van der Waals surface area contributed by atoms with Crippen molar-refractivity contribution in [3.05, 3.63) is 48.3 Å².